The number of amides is 3. The molecule has 1 aromatic carbocycles. The molecule has 1 aromatic rings. The zero-order valence-electron chi connectivity index (χ0n) is 33.3. The number of nitrogens with two attached hydrogens (primary N) is 4. The molecule has 13 heteroatoms. The van der Waals surface area contributed by atoms with Crippen LogP contribution in [0.2, 0.25) is 0 Å². The number of rotatable bonds is 22. The second kappa shape index (κ2) is 22.5. The molecule has 0 spiro atoms. The Bertz CT molecular complexity index is 1380. The first-order valence-corrected chi connectivity index (χ1v) is 21.2. The smallest absolute Gasteiger partial charge is 0.245 e. The number of hydrogen-bond acceptors (Lipinski definition) is 10. The number of ketones is 2. The summed E-state index contributed by atoms with van der Waals surface area (Å²) in [4.78, 5) is 71.6. The van der Waals surface area contributed by atoms with E-state index in [1.807, 2.05) is 30.3 Å². The summed E-state index contributed by atoms with van der Waals surface area (Å²) in [6.07, 6.45) is 14.6. The maximum Gasteiger partial charge on any atom is 0.245 e. The van der Waals surface area contributed by atoms with E-state index in [2.05, 4.69) is 16.0 Å². The Labute approximate surface area is 328 Å². The van der Waals surface area contributed by atoms with Crippen LogP contribution in [-0.4, -0.2) is 96.6 Å². The number of Topliss-reactive ketones (excluding diaryl/α,β-unsaturated/α-hetero) is 2. The third-order valence-electron chi connectivity index (χ3n) is 12.3. The van der Waals surface area contributed by atoms with Gasteiger partial charge in [0.2, 0.25) is 17.7 Å². The molecule has 11 N–H and O–H groups in total. The monoisotopic (exact) mass is 767 g/mol. The van der Waals surface area contributed by atoms with Gasteiger partial charge in [-0.3, -0.25) is 24.0 Å². The Morgan fingerprint density at radius 3 is 2.02 bits per heavy atom. The molecule has 0 bridgehead atoms. The summed E-state index contributed by atoms with van der Waals surface area (Å²) in [7, 11) is 1.71. The third-order valence-corrected chi connectivity index (χ3v) is 12.3. The summed E-state index contributed by atoms with van der Waals surface area (Å²) in [5.41, 5.74) is 24.6. The van der Waals surface area contributed by atoms with Gasteiger partial charge in [0.1, 0.15) is 11.6 Å². The molecule has 3 fully saturated rings. The van der Waals surface area contributed by atoms with Crippen LogP contribution in [0.1, 0.15) is 121 Å². The topological polar surface area (TPSA) is 229 Å². The molecule has 1 saturated heterocycles. The summed E-state index contributed by atoms with van der Waals surface area (Å²) in [5.74, 6) is -1.50. The summed E-state index contributed by atoms with van der Waals surface area (Å²) < 4.78 is 0. The number of likely N-dealkylation sites (N-methyl/N-ethyl adjacent to an activating group) is 1. The Morgan fingerprint density at radius 2 is 1.42 bits per heavy atom. The standard InChI is InChI=1S/C42H70N8O5/c1-47-35(28-31-18-9-4-10-19-31)40(54)49-34(20-11-12-23-43)41(55)50-25-13-21-36(50)38(52)42(46,37(51)32(44)26-29-14-5-2-6-15-29)22-24-48-39(53)33(45)27-30-16-7-3-8-17-30/h4,9-10,18-19,29-30,32-36,47H,2-3,5-8,11-17,20-28,43-46H2,1H3,(H,48,53)(H,49,54)/t32-,33+,34+,35+,36+,42?/m1/s1. The first kappa shape index (κ1) is 44.5. The Hall–Kier alpha value is -3.23. The Morgan fingerprint density at radius 1 is 0.800 bits per heavy atom. The summed E-state index contributed by atoms with van der Waals surface area (Å²) in [6, 6.07) is 5.50. The molecule has 1 aliphatic heterocycles. The molecular weight excluding hydrogens is 697 g/mol. The second-order valence-electron chi connectivity index (χ2n) is 16.5. The van der Waals surface area contributed by atoms with E-state index in [-0.39, 0.29) is 43.1 Å². The largest absolute Gasteiger partial charge is 0.355 e. The van der Waals surface area contributed by atoms with Gasteiger partial charge >= 0.3 is 0 Å². The second-order valence-corrected chi connectivity index (χ2v) is 16.5. The van der Waals surface area contributed by atoms with Crippen molar-refractivity contribution in [3.05, 3.63) is 35.9 Å². The summed E-state index contributed by atoms with van der Waals surface area (Å²) in [6.45, 7) is 0.684. The SMILES string of the molecule is CN[C@@H](Cc1ccccc1)C(=O)N[C@@H](CCCCN)C(=O)N1CCC[C@H]1C(=O)C(N)(CCNC(=O)[C@@H](N)CC1CCCCC1)C(=O)[C@H](N)CC1CCCCC1. The van der Waals surface area contributed by atoms with Crippen molar-refractivity contribution in [2.45, 2.75) is 158 Å². The number of hydrogen-bond donors (Lipinski definition) is 7. The molecule has 6 atom stereocenters. The van der Waals surface area contributed by atoms with E-state index >= 15 is 0 Å². The number of nitrogens with zero attached hydrogens (tertiary/aromatic N) is 1. The Balaban J connectivity index is 1.51. The maximum atomic E-state index is 14.7. The van der Waals surface area contributed by atoms with Crippen LogP contribution >= 0.6 is 0 Å². The molecule has 3 aliphatic rings. The van der Waals surface area contributed by atoms with Gasteiger partial charge in [-0.15, -0.1) is 0 Å². The molecule has 3 amide bonds. The number of carbonyl (C=O) groups is 5. The summed E-state index contributed by atoms with van der Waals surface area (Å²) in [5, 5.41) is 8.89. The lowest BCUT2D eigenvalue weighted by Gasteiger charge is -2.36. The molecule has 0 radical (unpaired) electrons. The van der Waals surface area contributed by atoms with Crippen molar-refractivity contribution in [2.75, 3.05) is 26.7 Å². The molecule has 1 unspecified atom stereocenters. The van der Waals surface area contributed by atoms with Crippen LogP contribution in [0.5, 0.6) is 0 Å². The lowest BCUT2D eigenvalue weighted by molar-refractivity contribution is -0.145. The van der Waals surface area contributed by atoms with Crippen molar-refractivity contribution < 1.29 is 24.0 Å². The van der Waals surface area contributed by atoms with Gasteiger partial charge in [0.05, 0.1) is 24.2 Å². The minimum atomic E-state index is -2.03. The van der Waals surface area contributed by atoms with Crippen LogP contribution in [0.3, 0.4) is 0 Å². The highest BCUT2D eigenvalue weighted by atomic mass is 16.2. The number of carbonyl (C=O) groups excluding carboxylic acids is 5. The van der Waals surface area contributed by atoms with Gasteiger partial charge in [0, 0.05) is 13.1 Å². The van der Waals surface area contributed by atoms with E-state index in [0.29, 0.717) is 63.8 Å². The molecule has 2 saturated carbocycles. The van der Waals surface area contributed by atoms with Crippen LogP contribution < -0.4 is 38.9 Å². The highest BCUT2D eigenvalue weighted by Crippen LogP contribution is 2.31. The molecular formula is C42H70N8O5. The average Bonchev–Trinajstić information content (AvgIpc) is 3.69. The van der Waals surface area contributed by atoms with Crippen molar-refractivity contribution >= 4 is 29.3 Å². The Kier molecular flexibility index (Phi) is 18.2. The number of unbranched alkanes of at least 4 members (excludes halogenated alkanes) is 1. The van der Waals surface area contributed by atoms with Crippen molar-refractivity contribution in [1.29, 1.82) is 0 Å². The minimum absolute atomic E-state index is 0.0351. The molecule has 4 rings (SSSR count). The zero-order chi connectivity index (χ0) is 39.8. The fourth-order valence-electron chi connectivity index (χ4n) is 8.99. The van der Waals surface area contributed by atoms with Crippen LogP contribution in [0.4, 0.5) is 0 Å². The predicted molar refractivity (Wildman–Crippen MR) is 215 cm³/mol. The lowest BCUT2D eigenvalue weighted by Crippen LogP contribution is -2.66. The summed E-state index contributed by atoms with van der Waals surface area (Å²) >= 11 is 0. The van der Waals surface area contributed by atoms with Gasteiger partial charge < -0.3 is 43.8 Å². The first-order valence-electron chi connectivity index (χ1n) is 21.2. The first-order chi connectivity index (χ1) is 26.5. The van der Waals surface area contributed by atoms with Crippen molar-refractivity contribution in [2.24, 2.45) is 34.8 Å². The van der Waals surface area contributed by atoms with E-state index in [9.17, 15) is 24.0 Å². The minimum Gasteiger partial charge on any atom is -0.355 e. The molecule has 2 aliphatic carbocycles. The van der Waals surface area contributed by atoms with Crippen LogP contribution in [0.15, 0.2) is 30.3 Å². The number of nitrogens with one attached hydrogen (secondary N) is 3. The fraction of sp³-hybridized carbons (Fsp3) is 0.738. The van der Waals surface area contributed by atoms with Crippen molar-refractivity contribution in [1.82, 2.24) is 20.9 Å². The van der Waals surface area contributed by atoms with Gasteiger partial charge in [-0.25, -0.2) is 0 Å². The number of likely N-dealkylation sites (tertiary alicyclic amines) is 1. The van der Waals surface area contributed by atoms with E-state index < -0.39 is 47.3 Å². The van der Waals surface area contributed by atoms with Gasteiger partial charge in [0.25, 0.3) is 0 Å². The van der Waals surface area contributed by atoms with E-state index in [1.54, 1.807) is 7.05 Å². The molecule has 0 aromatic heterocycles. The van der Waals surface area contributed by atoms with Crippen molar-refractivity contribution in [3.63, 3.8) is 0 Å². The van der Waals surface area contributed by atoms with Crippen LogP contribution in [0, 0.1) is 11.8 Å². The molecule has 308 valence electrons. The third kappa shape index (κ3) is 12.9. The van der Waals surface area contributed by atoms with Crippen LogP contribution in [0.25, 0.3) is 0 Å². The van der Waals surface area contributed by atoms with E-state index in [4.69, 9.17) is 22.9 Å². The molecule has 1 heterocycles. The average molecular weight is 767 g/mol. The van der Waals surface area contributed by atoms with Crippen molar-refractivity contribution in [3.8, 4) is 0 Å². The zero-order valence-corrected chi connectivity index (χ0v) is 33.3. The van der Waals surface area contributed by atoms with Gasteiger partial charge in [-0.05, 0) is 88.8 Å². The lowest BCUT2D eigenvalue weighted by atomic mass is 9.76. The maximum absolute atomic E-state index is 14.7. The van der Waals surface area contributed by atoms with Gasteiger partial charge in [-0.2, -0.15) is 0 Å². The highest BCUT2D eigenvalue weighted by Gasteiger charge is 2.50. The predicted octanol–water partition coefficient (Wildman–Crippen LogP) is 2.36. The van der Waals surface area contributed by atoms with E-state index in [0.717, 1.165) is 63.4 Å². The van der Waals surface area contributed by atoms with E-state index in [1.165, 1.54) is 11.3 Å². The quantitative estimate of drug-likeness (QED) is 0.0673. The molecule has 13 nitrogen and oxygen atoms in total. The van der Waals surface area contributed by atoms with Gasteiger partial charge in [-0.1, -0.05) is 94.5 Å². The highest BCUT2D eigenvalue weighted by molar-refractivity contribution is 6.16. The molecule has 55 heavy (non-hydrogen) atoms. The van der Waals surface area contributed by atoms with Gasteiger partial charge in [0.15, 0.2) is 11.6 Å². The fourth-order valence-corrected chi connectivity index (χ4v) is 8.99. The van der Waals surface area contributed by atoms with Crippen LogP contribution in [-0.2, 0) is 30.4 Å². The number of benzene rings is 1. The normalized spacial score (nSPS) is 21.5.